The Labute approximate surface area is 118 Å². The molecule has 0 saturated heterocycles. The first-order valence-corrected chi connectivity index (χ1v) is 7.81. The lowest BCUT2D eigenvalue weighted by atomic mass is 9.76. The van der Waals surface area contributed by atoms with Gasteiger partial charge >= 0.3 is 5.97 Å². The van der Waals surface area contributed by atoms with E-state index in [1.807, 2.05) is 6.92 Å². The number of hydrogen-bond donors (Lipinski definition) is 0. The molecule has 1 aliphatic carbocycles. The summed E-state index contributed by atoms with van der Waals surface area (Å²) in [7, 11) is 0. The molecule has 1 fully saturated rings. The summed E-state index contributed by atoms with van der Waals surface area (Å²) in [6.07, 6.45) is 9.01. The van der Waals surface area contributed by atoms with Crippen LogP contribution >= 0.6 is 0 Å². The molecule has 0 unspecified atom stereocenters. The maximum atomic E-state index is 11.1. The molecule has 0 aromatic rings. The van der Waals surface area contributed by atoms with Gasteiger partial charge < -0.3 is 9.47 Å². The molecular weight excluding hydrogens is 240 g/mol. The van der Waals surface area contributed by atoms with Crippen LogP contribution in [0.2, 0.25) is 0 Å². The zero-order chi connectivity index (χ0) is 14.1. The Balaban J connectivity index is 1.93. The maximum absolute atomic E-state index is 11.1. The summed E-state index contributed by atoms with van der Waals surface area (Å²) >= 11 is 0. The molecule has 0 aliphatic heterocycles. The highest BCUT2D eigenvalue weighted by Crippen LogP contribution is 2.36. The van der Waals surface area contributed by atoms with Gasteiger partial charge in [0.25, 0.3) is 0 Å². The lowest BCUT2D eigenvalue weighted by Gasteiger charge is -2.34. The summed E-state index contributed by atoms with van der Waals surface area (Å²) in [5.41, 5.74) is 0.513. The maximum Gasteiger partial charge on any atom is 0.305 e. The number of ether oxygens (including phenoxy) is 2. The van der Waals surface area contributed by atoms with E-state index in [1.54, 1.807) is 0 Å². The van der Waals surface area contributed by atoms with Crippen molar-refractivity contribution in [1.29, 1.82) is 0 Å². The van der Waals surface area contributed by atoms with Gasteiger partial charge in [-0.15, -0.1) is 0 Å². The van der Waals surface area contributed by atoms with Crippen molar-refractivity contribution in [3.63, 3.8) is 0 Å². The van der Waals surface area contributed by atoms with Crippen LogP contribution in [0.4, 0.5) is 0 Å². The minimum atomic E-state index is -0.0714. The van der Waals surface area contributed by atoms with Crippen molar-refractivity contribution in [2.24, 2.45) is 5.41 Å². The molecule has 1 saturated carbocycles. The molecule has 112 valence electrons. The molecule has 1 rings (SSSR count). The summed E-state index contributed by atoms with van der Waals surface area (Å²) in [6.45, 7) is 7.86. The summed E-state index contributed by atoms with van der Waals surface area (Å²) in [6, 6.07) is 0. The minimum absolute atomic E-state index is 0.0714. The molecule has 0 amide bonds. The average Bonchev–Trinajstić information content (AvgIpc) is 2.35. The van der Waals surface area contributed by atoms with Gasteiger partial charge in [-0.3, -0.25) is 4.79 Å². The number of hydrogen-bond acceptors (Lipinski definition) is 3. The number of esters is 1. The monoisotopic (exact) mass is 270 g/mol. The predicted molar refractivity (Wildman–Crippen MR) is 77.1 cm³/mol. The van der Waals surface area contributed by atoms with Gasteiger partial charge in [-0.05, 0) is 50.9 Å². The van der Waals surface area contributed by atoms with Crippen LogP contribution in [0.3, 0.4) is 0 Å². The van der Waals surface area contributed by atoms with Crippen molar-refractivity contribution < 1.29 is 14.3 Å². The molecule has 0 bridgehead atoms. The van der Waals surface area contributed by atoms with E-state index < -0.39 is 0 Å². The number of carbonyl (C=O) groups is 1. The first kappa shape index (κ1) is 16.5. The van der Waals surface area contributed by atoms with Gasteiger partial charge in [0.05, 0.1) is 12.7 Å². The Bertz CT molecular complexity index is 251. The largest absolute Gasteiger partial charge is 0.466 e. The van der Waals surface area contributed by atoms with Crippen molar-refractivity contribution in [1.82, 2.24) is 0 Å². The Kier molecular flexibility index (Phi) is 7.44. The third kappa shape index (κ3) is 7.56. The smallest absolute Gasteiger partial charge is 0.305 e. The van der Waals surface area contributed by atoms with Crippen molar-refractivity contribution in [2.75, 3.05) is 13.2 Å². The number of unbranched alkanes of at least 4 members (excludes halogenated alkanes) is 2. The normalized spacial score (nSPS) is 19.3. The van der Waals surface area contributed by atoms with Gasteiger partial charge in [-0.1, -0.05) is 20.3 Å². The Morgan fingerprint density at radius 1 is 1.16 bits per heavy atom. The van der Waals surface area contributed by atoms with Crippen LogP contribution in [0.1, 0.15) is 72.1 Å². The van der Waals surface area contributed by atoms with Crippen LogP contribution < -0.4 is 0 Å². The molecule has 0 heterocycles. The summed E-state index contributed by atoms with van der Waals surface area (Å²) in [5, 5.41) is 0. The second-order valence-electron chi connectivity index (χ2n) is 6.35. The van der Waals surface area contributed by atoms with Crippen molar-refractivity contribution in [2.45, 2.75) is 78.2 Å². The second kappa shape index (κ2) is 8.57. The molecule has 0 N–H and O–H groups in total. The predicted octanol–water partition coefficient (Wildman–Crippen LogP) is 4.10. The molecule has 3 heteroatoms. The standard InChI is InChI=1S/C16H30O3/c1-4-18-15(17)8-6-5-7-13-19-14-9-11-16(2,3)12-10-14/h14H,4-13H2,1-3H3. The molecule has 0 spiro atoms. The van der Waals surface area contributed by atoms with Gasteiger partial charge in [0.2, 0.25) is 0 Å². The fourth-order valence-electron chi connectivity index (χ4n) is 2.57. The summed E-state index contributed by atoms with van der Waals surface area (Å²) in [4.78, 5) is 11.1. The molecule has 0 atom stereocenters. The number of carbonyl (C=O) groups excluding carboxylic acids is 1. The van der Waals surface area contributed by atoms with E-state index in [1.165, 1.54) is 25.7 Å². The van der Waals surface area contributed by atoms with E-state index in [4.69, 9.17) is 9.47 Å². The summed E-state index contributed by atoms with van der Waals surface area (Å²) < 4.78 is 10.8. The van der Waals surface area contributed by atoms with Crippen molar-refractivity contribution in [3.05, 3.63) is 0 Å². The molecule has 0 radical (unpaired) electrons. The van der Waals surface area contributed by atoms with Gasteiger partial charge in [0, 0.05) is 13.0 Å². The zero-order valence-electron chi connectivity index (χ0n) is 12.9. The highest BCUT2D eigenvalue weighted by Gasteiger charge is 2.26. The minimum Gasteiger partial charge on any atom is -0.466 e. The lowest BCUT2D eigenvalue weighted by Crippen LogP contribution is -2.26. The van der Waals surface area contributed by atoms with Crippen LogP contribution in [0.15, 0.2) is 0 Å². The van der Waals surface area contributed by atoms with E-state index in [0.717, 1.165) is 25.9 Å². The van der Waals surface area contributed by atoms with Crippen LogP contribution in [0.25, 0.3) is 0 Å². The SMILES string of the molecule is CCOC(=O)CCCCCOC1CCC(C)(C)CC1. The first-order valence-electron chi connectivity index (χ1n) is 7.81. The molecule has 0 aromatic heterocycles. The third-order valence-electron chi connectivity index (χ3n) is 3.97. The molecule has 19 heavy (non-hydrogen) atoms. The fourth-order valence-corrected chi connectivity index (χ4v) is 2.57. The van der Waals surface area contributed by atoms with E-state index >= 15 is 0 Å². The molecule has 0 aromatic carbocycles. The highest BCUT2D eigenvalue weighted by molar-refractivity contribution is 5.69. The van der Waals surface area contributed by atoms with Gasteiger partial charge in [0.15, 0.2) is 0 Å². The van der Waals surface area contributed by atoms with Gasteiger partial charge in [-0.25, -0.2) is 0 Å². The first-order chi connectivity index (χ1) is 9.03. The Morgan fingerprint density at radius 2 is 1.84 bits per heavy atom. The van der Waals surface area contributed by atoms with Crippen molar-refractivity contribution in [3.8, 4) is 0 Å². The Hall–Kier alpha value is -0.570. The quantitative estimate of drug-likeness (QED) is 0.492. The average molecular weight is 270 g/mol. The van der Waals surface area contributed by atoms with Gasteiger partial charge in [-0.2, -0.15) is 0 Å². The summed E-state index contributed by atoms with van der Waals surface area (Å²) in [5.74, 6) is -0.0714. The molecular formula is C16H30O3. The van der Waals surface area contributed by atoms with E-state index in [-0.39, 0.29) is 5.97 Å². The topological polar surface area (TPSA) is 35.5 Å². The van der Waals surface area contributed by atoms with Crippen LogP contribution in [0.5, 0.6) is 0 Å². The third-order valence-corrected chi connectivity index (χ3v) is 3.97. The van der Waals surface area contributed by atoms with Crippen LogP contribution in [0, 0.1) is 5.41 Å². The Morgan fingerprint density at radius 3 is 2.47 bits per heavy atom. The van der Waals surface area contributed by atoms with E-state index in [2.05, 4.69) is 13.8 Å². The second-order valence-corrected chi connectivity index (χ2v) is 6.35. The van der Waals surface area contributed by atoms with Crippen molar-refractivity contribution >= 4 is 5.97 Å². The molecule has 1 aliphatic rings. The van der Waals surface area contributed by atoms with Crippen LogP contribution in [-0.4, -0.2) is 25.3 Å². The van der Waals surface area contributed by atoms with E-state index in [9.17, 15) is 4.79 Å². The zero-order valence-corrected chi connectivity index (χ0v) is 12.9. The number of rotatable bonds is 8. The van der Waals surface area contributed by atoms with Gasteiger partial charge in [0.1, 0.15) is 0 Å². The fraction of sp³-hybridized carbons (Fsp3) is 0.938. The van der Waals surface area contributed by atoms with Crippen LogP contribution in [-0.2, 0) is 14.3 Å². The lowest BCUT2D eigenvalue weighted by molar-refractivity contribution is -0.143. The van der Waals surface area contributed by atoms with E-state index in [0.29, 0.717) is 24.5 Å². The molecule has 3 nitrogen and oxygen atoms in total. The highest BCUT2D eigenvalue weighted by atomic mass is 16.5.